The van der Waals surface area contributed by atoms with Crippen LogP contribution in [0.5, 0.6) is 0 Å². The van der Waals surface area contributed by atoms with E-state index in [1.165, 1.54) is 0 Å². The molecule has 0 saturated heterocycles. The largest absolute Gasteiger partial charge is 0.381 e. The number of rotatable bonds is 3. The molecule has 2 rings (SSSR count). The van der Waals surface area contributed by atoms with Crippen LogP contribution in [0.25, 0.3) is 0 Å². The minimum Gasteiger partial charge on any atom is -0.381 e. The van der Waals surface area contributed by atoms with Gasteiger partial charge in [0.25, 0.3) is 0 Å². The van der Waals surface area contributed by atoms with Gasteiger partial charge in [0.05, 0.1) is 18.0 Å². The van der Waals surface area contributed by atoms with E-state index in [0.29, 0.717) is 18.2 Å². The van der Waals surface area contributed by atoms with E-state index in [4.69, 9.17) is 5.73 Å². The van der Waals surface area contributed by atoms with Crippen LogP contribution in [-0.4, -0.2) is 23.9 Å². The highest BCUT2D eigenvalue weighted by Crippen LogP contribution is 2.09. The Morgan fingerprint density at radius 1 is 1.38 bits per heavy atom. The molecule has 0 aromatic rings. The Bertz CT molecular complexity index is 632. The quantitative estimate of drug-likeness (QED) is 0.551. The average molecular weight is 299 g/mol. The molecule has 2 aliphatic rings. The molecule has 21 heavy (non-hydrogen) atoms. The van der Waals surface area contributed by atoms with Crippen LogP contribution < -0.4 is 11.1 Å². The Labute approximate surface area is 129 Å². The first kappa shape index (κ1) is 15.1. The Morgan fingerprint density at radius 2 is 2.24 bits per heavy atom. The zero-order valence-corrected chi connectivity index (χ0v) is 12.4. The molecular formula is C15H17N5S. The molecule has 6 heteroatoms. The fourth-order valence-corrected chi connectivity index (χ4v) is 1.91. The van der Waals surface area contributed by atoms with Crippen LogP contribution in [0.1, 0.15) is 6.42 Å². The Kier molecular flexibility index (Phi) is 5.34. The van der Waals surface area contributed by atoms with Crippen LogP contribution in [0.15, 0.2) is 74.9 Å². The summed E-state index contributed by atoms with van der Waals surface area (Å²) < 4.78 is 3.84. The molecule has 108 valence electrons. The maximum atomic E-state index is 5.93. The van der Waals surface area contributed by atoms with Gasteiger partial charge in [-0.15, -0.1) is 0 Å². The summed E-state index contributed by atoms with van der Waals surface area (Å²) in [6.07, 6.45) is 13.8. The van der Waals surface area contributed by atoms with Crippen LogP contribution in [-0.2, 0) is 0 Å². The van der Waals surface area contributed by atoms with Gasteiger partial charge >= 0.3 is 0 Å². The Morgan fingerprint density at radius 3 is 2.86 bits per heavy atom. The second-order valence-electron chi connectivity index (χ2n) is 4.35. The lowest BCUT2D eigenvalue weighted by atomic mass is 10.1. The molecule has 5 nitrogen and oxygen atoms in total. The number of nitrogens with two attached hydrogens (primary N) is 1. The van der Waals surface area contributed by atoms with Gasteiger partial charge in [-0.05, 0) is 31.0 Å². The van der Waals surface area contributed by atoms with Crippen molar-refractivity contribution in [2.24, 2.45) is 20.1 Å². The molecule has 0 amide bonds. The summed E-state index contributed by atoms with van der Waals surface area (Å²) >= 11 is 3.89. The van der Waals surface area contributed by atoms with Gasteiger partial charge in [-0.1, -0.05) is 30.9 Å². The molecule has 0 spiro atoms. The zero-order chi connectivity index (χ0) is 15.1. The van der Waals surface area contributed by atoms with Crippen molar-refractivity contribution in [1.29, 1.82) is 0 Å². The van der Waals surface area contributed by atoms with Crippen molar-refractivity contribution in [3.8, 4) is 0 Å². The van der Waals surface area contributed by atoms with Crippen LogP contribution >= 0.6 is 12.8 Å². The second kappa shape index (κ2) is 7.44. The minimum atomic E-state index is 0.377. The van der Waals surface area contributed by atoms with E-state index in [0.717, 1.165) is 23.5 Å². The maximum Gasteiger partial charge on any atom is 0.169 e. The zero-order valence-electron chi connectivity index (χ0n) is 11.5. The van der Waals surface area contributed by atoms with E-state index < -0.39 is 0 Å². The van der Waals surface area contributed by atoms with E-state index in [1.807, 2.05) is 36.5 Å². The second-order valence-corrected chi connectivity index (χ2v) is 4.55. The highest BCUT2D eigenvalue weighted by molar-refractivity contribution is 7.79. The maximum absolute atomic E-state index is 5.93. The van der Waals surface area contributed by atoms with Crippen molar-refractivity contribution < 1.29 is 0 Å². The number of amidine groups is 2. The highest BCUT2D eigenvalue weighted by Gasteiger charge is 2.13. The third kappa shape index (κ3) is 4.32. The number of hydrogen-bond acceptors (Lipinski definition) is 6. The topological polar surface area (TPSA) is 75.1 Å². The molecule has 3 N–H and O–H groups in total. The summed E-state index contributed by atoms with van der Waals surface area (Å²) in [4.78, 5) is 8.73. The third-order valence-corrected chi connectivity index (χ3v) is 3.08. The normalized spacial score (nSPS) is 22.2. The minimum absolute atomic E-state index is 0.377. The third-order valence-electron chi connectivity index (χ3n) is 2.82. The van der Waals surface area contributed by atoms with Crippen molar-refractivity contribution in [3.63, 3.8) is 0 Å². The summed E-state index contributed by atoms with van der Waals surface area (Å²) in [5, 5.41) is 3.17. The summed E-state index contributed by atoms with van der Waals surface area (Å²) in [7, 11) is 0. The molecule has 1 heterocycles. The van der Waals surface area contributed by atoms with Crippen molar-refractivity contribution in [3.05, 3.63) is 60.5 Å². The van der Waals surface area contributed by atoms with Gasteiger partial charge in [0, 0.05) is 12.1 Å². The molecule has 0 aromatic heterocycles. The van der Waals surface area contributed by atoms with Gasteiger partial charge in [0.15, 0.2) is 11.7 Å². The number of nitrogens with zero attached hydrogens (tertiary/aromatic N) is 3. The predicted octanol–water partition coefficient (Wildman–Crippen LogP) is 2.10. The van der Waals surface area contributed by atoms with E-state index in [1.54, 1.807) is 6.08 Å². The smallest absolute Gasteiger partial charge is 0.169 e. The molecule has 0 atom stereocenters. The number of thiol groups is 1. The van der Waals surface area contributed by atoms with Crippen molar-refractivity contribution >= 4 is 30.2 Å². The predicted molar refractivity (Wildman–Crippen MR) is 92.7 cm³/mol. The van der Waals surface area contributed by atoms with Gasteiger partial charge in [-0.2, -0.15) is 0 Å². The van der Waals surface area contributed by atoms with Gasteiger partial charge in [-0.25, -0.2) is 9.39 Å². The summed E-state index contributed by atoms with van der Waals surface area (Å²) in [5.74, 6) is 0.962. The monoisotopic (exact) mass is 299 g/mol. The van der Waals surface area contributed by atoms with E-state index >= 15 is 0 Å². The molecule has 0 aromatic carbocycles. The lowest BCUT2D eigenvalue weighted by Gasteiger charge is -2.16. The summed E-state index contributed by atoms with van der Waals surface area (Å²) in [5.41, 5.74) is 8.58. The number of nitrogens with one attached hydrogen (secondary N) is 1. The molecule has 0 radical (unpaired) electrons. The first-order chi connectivity index (χ1) is 10.2. The first-order valence-corrected chi connectivity index (χ1v) is 6.86. The SMILES string of the molecule is C=C/C=C\C=C1/CN=C(NC2=CC/C(=N\S)C=C2)C(N)=N1. The first-order valence-electron chi connectivity index (χ1n) is 6.46. The molecular weight excluding hydrogens is 282 g/mol. The van der Waals surface area contributed by atoms with Gasteiger partial charge in [0.1, 0.15) is 0 Å². The molecule has 0 bridgehead atoms. The number of aliphatic imine (C=N–C) groups is 2. The highest BCUT2D eigenvalue weighted by atomic mass is 32.1. The molecule has 1 aliphatic carbocycles. The molecule has 1 aliphatic heterocycles. The molecule has 0 saturated carbocycles. The van der Waals surface area contributed by atoms with Crippen LogP contribution in [0.4, 0.5) is 0 Å². The van der Waals surface area contributed by atoms with Crippen LogP contribution in [0.3, 0.4) is 0 Å². The van der Waals surface area contributed by atoms with Crippen molar-refractivity contribution in [2.45, 2.75) is 6.42 Å². The fraction of sp³-hybridized carbons (Fsp3) is 0.133. The Balaban J connectivity index is 2.01. The molecule has 0 unspecified atom stereocenters. The molecule has 0 fully saturated rings. The van der Waals surface area contributed by atoms with Gasteiger partial charge in [-0.3, -0.25) is 4.99 Å². The lowest BCUT2D eigenvalue weighted by Crippen LogP contribution is -2.38. The number of allylic oxidation sites excluding steroid dienone is 7. The lowest BCUT2D eigenvalue weighted by molar-refractivity contribution is 1.04. The standard InChI is InChI=1S/C15H17N5S/c1-2-3-4-5-13-10-17-15(14(16)18-13)19-11-6-8-12(20-21)9-7-11/h2-8,21H,1,9-10H2,(H2,16,18)(H,17,19)/b4-3-,13-5+,20-12-. The van der Waals surface area contributed by atoms with Crippen molar-refractivity contribution in [2.75, 3.05) is 6.54 Å². The van der Waals surface area contributed by atoms with Gasteiger partial charge in [0.2, 0.25) is 0 Å². The van der Waals surface area contributed by atoms with Gasteiger partial charge < -0.3 is 11.1 Å². The van der Waals surface area contributed by atoms with E-state index in [-0.39, 0.29) is 0 Å². The van der Waals surface area contributed by atoms with Crippen LogP contribution in [0.2, 0.25) is 0 Å². The average Bonchev–Trinajstić information content (AvgIpc) is 2.51. The summed E-state index contributed by atoms with van der Waals surface area (Å²) in [6, 6.07) is 0. The summed E-state index contributed by atoms with van der Waals surface area (Å²) in [6.45, 7) is 4.10. The van der Waals surface area contributed by atoms with Crippen LogP contribution in [0, 0.1) is 0 Å². The van der Waals surface area contributed by atoms with Crippen molar-refractivity contribution in [1.82, 2.24) is 5.32 Å². The Hall–Kier alpha value is -2.34. The van der Waals surface area contributed by atoms with E-state index in [2.05, 4.69) is 39.1 Å². The fourth-order valence-electron chi connectivity index (χ4n) is 1.76. The number of hydrogen-bond donors (Lipinski definition) is 3. The van der Waals surface area contributed by atoms with E-state index in [9.17, 15) is 0 Å².